The maximum Gasteiger partial charge on any atom is 0.225 e. The van der Waals surface area contributed by atoms with Crippen LogP contribution in [0.15, 0.2) is 0 Å². The summed E-state index contributed by atoms with van der Waals surface area (Å²) in [6, 6.07) is 0.594. The molecule has 0 aliphatic carbocycles. The van der Waals surface area contributed by atoms with E-state index in [1.165, 1.54) is 0 Å². The fraction of sp³-hybridized carbons (Fsp3) is 0.889. The van der Waals surface area contributed by atoms with Crippen LogP contribution in [0.25, 0.3) is 0 Å². The first-order valence-corrected chi connectivity index (χ1v) is 5.88. The molecule has 1 saturated heterocycles. The third-order valence-electron chi connectivity index (χ3n) is 2.45. The van der Waals surface area contributed by atoms with Crippen molar-refractivity contribution < 1.29 is 4.79 Å². The van der Waals surface area contributed by atoms with Crippen molar-refractivity contribution in [1.82, 2.24) is 8.43 Å². The van der Waals surface area contributed by atoms with E-state index in [1.54, 1.807) is 0 Å². The molecule has 0 saturated carbocycles. The lowest BCUT2D eigenvalue weighted by Crippen LogP contribution is -2.44. The molecule has 0 aromatic rings. The molecule has 13 heavy (non-hydrogen) atoms. The summed E-state index contributed by atoms with van der Waals surface area (Å²) in [6.45, 7) is 5.76. The number of rotatable bonds is 2. The van der Waals surface area contributed by atoms with Crippen molar-refractivity contribution in [1.29, 1.82) is 0 Å². The molecule has 4 heteroatoms. The number of carbonyl (C=O) groups excluding carboxylic acids is 1. The first-order valence-electron chi connectivity index (χ1n) is 4.80. The van der Waals surface area contributed by atoms with E-state index in [4.69, 9.17) is 0 Å². The average molecular weight is 296 g/mol. The van der Waals surface area contributed by atoms with Crippen LogP contribution in [0.2, 0.25) is 0 Å². The number of nitrogens with zero attached hydrogens (tertiary/aromatic N) is 1. The van der Waals surface area contributed by atoms with Crippen LogP contribution in [0.1, 0.15) is 26.7 Å². The van der Waals surface area contributed by atoms with Gasteiger partial charge >= 0.3 is 0 Å². The summed E-state index contributed by atoms with van der Waals surface area (Å²) in [7, 11) is 0. The summed E-state index contributed by atoms with van der Waals surface area (Å²) >= 11 is 2.19. The summed E-state index contributed by atoms with van der Waals surface area (Å²) in [4.78, 5) is 13.6. The van der Waals surface area contributed by atoms with E-state index in [9.17, 15) is 4.79 Å². The molecule has 0 unspecified atom stereocenters. The number of halogens is 1. The summed E-state index contributed by atoms with van der Waals surface area (Å²) in [5.41, 5.74) is 0. The zero-order valence-electron chi connectivity index (χ0n) is 8.22. The van der Waals surface area contributed by atoms with Crippen LogP contribution in [0.3, 0.4) is 0 Å². The average Bonchev–Trinajstić information content (AvgIpc) is 2.17. The van der Waals surface area contributed by atoms with E-state index in [-0.39, 0.29) is 5.92 Å². The number of carbonyl (C=O) groups is 1. The van der Waals surface area contributed by atoms with Crippen LogP contribution >= 0.6 is 22.9 Å². The second-order valence-electron chi connectivity index (χ2n) is 3.86. The largest absolute Gasteiger partial charge is 0.342 e. The third kappa shape index (κ3) is 3.09. The van der Waals surface area contributed by atoms with Gasteiger partial charge in [0.2, 0.25) is 5.91 Å². The highest BCUT2D eigenvalue weighted by atomic mass is 127. The summed E-state index contributed by atoms with van der Waals surface area (Å²) < 4.78 is 3.22. The highest BCUT2D eigenvalue weighted by Gasteiger charge is 2.23. The van der Waals surface area contributed by atoms with Gasteiger partial charge in [-0.3, -0.25) is 8.32 Å². The molecule has 1 fully saturated rings. The number of hydrogen-bond acceptors (Lipinski definition) is 2. The lowest BCUT2D eigenvalue weighted by Gasteiger charge is -2.32. The quantitative estimate of drug-likeness (QED) is 0.620. The van der Waals surface area contributed by atoms with Gasteiger partial charge in [-0.1, -0.05) is 13.8 Å². The van der Waals surface area contributed by atoms with Crippen LogP contribution in [-0.2, 0) is 4.79 Å². The van der Waals surface area contributed by atoms with E-state index in [1.807, 2.05) is 18.7 Å². The predicted molar refractivity (Wildman–Crippen MR) is 61.6 cm³/mol. The predicted octanol–water partition coefficient (Wildman–Crippen LogP) is 1.57. The zero-order valence-corrected chi connectivity index (χ0v) is 10.4. The number of nitrogens with one attached hydrogen (secondary N) is 1. The molecule has 0 atom stereocenters. The number of piperidine rings is 1. The fourth-order valence-electron chi connectivity index (χ4n) is 1.57. The van der Waals surface area contributed by atoms with Crippen molar-refractivity contribution in [3.05, 3.63) is 0 Å². The maximum absolute atomic E-state index is 11.6. The fourth-order valence-corrected chi connectivity index (χ4v) is 2.20. The van der Waals surface area contributed by atoms with E-state index < -0.39 is 0 Å². The van der Waals surface area contributed by atoms with Crippen LogP contribution in [0.5, 0.6) is 0 Å². The van der Waals surface area contributed by atoms with Crippen LogP contribution < -0.4 is 3.53 Å². The lowest BCUT2D eigenvalue weighted by molar-refractivity contribution is -0.135. The molecule has 0 radical (unpaired) electrons. The van der Waals surface area contributed by atoms with E-state index >= 15 is 0 Å². The molecule has 1 rings (SSSR count). The van der Waals surface area contributed by atoms with Crippen molar-refractivity contribution in [2.75, 3.05) is 13.1 Å². The van der Waals surface area contributed by atoms with Gasteiger partial charge in [0.15, 0.2) is 0 Å². The van der Waals surface area contributed by atoms with Crippen molar-refractivity contribution in [3.8, 4) is 0 Å². The first kappa shape index (κ1) is 11.2. The summed E-state index contributed by atoms with van der Waals surface area (Å²) in [5.74, 6) is 0.441. The first-order chi connectivity index (χ1) is 6.15. The molecule has 0 aromatic heterocycles. The van der Waals surface area contributed by atoms with Gasteiger partial charge in [-0.15, -0.1) is 0 Å². The molecule has 76 valence electrons. The Morgan fingerprint density at radius 2 is 2.00 bits per heavy atom. The Bertz CT molecular complexity index is 176. The SMILES string of the molecule is CC(C)C(=O)N1CCC(NI)CC1. The van der Waals surface area contributed by atoms with Crippen molar-refractivity contribution in [2.45, 2.75) is 32.7 Å². The Morgan fingerprint density at radius 1 is 1.46 bits per heavy atom. The minimum absolute atomic E-state index is 0.143. The second kappa shape index (κ2) is 5.14. The third-order valence-corrected chi connectivity index (χ3v) is 3.34. The lowest BCUT2D eigenvalue weighted by atomic mass is 10.0. The molecule has 1 amide bonds. The molecule has 1 N–H and O–H groups in total. The second-order valence-corrected chi connectivity index (χ2v) is 4.49. The van der Waals surface area contributed by atoms with E-state index in [0.717, 1.165) is 25.9 Å². The number of amides is 1. The normalized spacial score (nSPS) is 19.5. The minimum Gasteiger partial charge on any atom is -0.342 e. The molecule has 3 nitrogen and oxygen atoms in total. The van der Waals surface area contributed by atoms with E-state index in [2.05, 4.69) is 26.4 Å². The van der Waals surface area contributed by atoms with Crippen LogP contribution in [-0.4, -0.2) is 29.9 Å². The van der Waals surface area contributed by atoms with Gasteiger partial charge in [0.05, 0.1) is 0 Å². The standard InChI is InChI=1S/C9H17IN2O/c1-7(2)9(13)12-5-3-8(11-10)4-6-12/h7-8,11H,3-6H2,1-2H3. The number of hydrogen-bond donors (Lipinski definition) is 1. The molecular formula is C9H17IN2O. The Kier molecular flexibility index (Phi) is 4.45. The molecular weight excluding hydrogens is 279 g/mol. The van der Waals surface area contributed by atoms with Gasteiger partial charge in [0.1, 0.15) is 0 Å². The van der Waals surface area contributed by atoms with Crippen molar-refractivity contribution in [2.24, 2.45) is 5.92 Å². The molecule has 0 spiro atoms. The number of likely N-dealkylation sites (tertiary alicyclic amines) is 1. The molecule has 0 bridgehead atoms. The van der Waals surface area contributed by atoms with Gasteiger partial charge in [-0.2, -0.15) is 0 Å². The molecule has 1 aliphatic rings. The minimum atomic E-state index is 0.143. The Morgan fingerprint density at radius 3 is 2.38 bits per heavy atom. The molecule has 0 aromatic carbocycles. The highest BCUT2D eigenvalue weighted by molar-refractivity contribution is 14.1. The van der Waals surface area contributed by atoms with Gasteiger partial charge < -0.3 is 4.90 Å². The maximum atomic E-state index is 11.6. The van der Waals surface area contributed by atoms with Gasteiger partial charge in [0, 0.05) is 47.9 Å². The summed E-state index contributed by atoms with van der Waals surface area (Å²) in [5, 5.41) is 0. The monoisotopic (exact) mass is 296 g/mol. The Hall–Kier alpha value is 0.160. The Balaban J connectivity index is 2.36. The van der Waals surface area contributed by atoms with Crippen LogP contribution in [0, 0.1) is 5.92 Å². The molecule has 1 aliphatic heterocycles. The van der Waals surface area contributed by atoms with Gasteiger partial charge in [-0.05, 0) is 12.8 Å². The topological polar surface area (TPSA) is 32.3 Å². The van der Waals surface area contributed by atoms with Gasteiger partial charge in [-0.25, -0.2) is 0 Å². The summed E-state index contributed by atoms with van der Waals surface area (Å²) in [6.07, 6.45) is 2.17. The molecule has 1 heterocycles. The van der Waals surface area contributed by atoms with Gasteiger partial charge in [0.25, 0.3) is 0 Å². The van der Waals surface area contributed by atoms with E-state index in [0.29, 0.717) is 11.9 Å². The van der Waals surface area contributed by atoms with Crippen LogP contribution in [0.4, 0.5) is 0 Å². The highest BCUT2D eigenvalue weighted by Crippen LogP contribution is 2.13. The van der Waals surface area contributed by atoms with Crippen molar-refractivity contribution >= 4 is 28.8 Å². The smallest absolute Gasteiger partial charge is 0.225 e. The Labute approximate surface area is 93.7 Å². The zero-order chi connectivity index (χ0) is 9.84. The van der Waals surface area contributed by atoms with Crippen molar-refractivity contribution in [3.63, 3.8) is 0 Å².